The van der Waals surface area contributed by atoms with Crippen LogP contribution in [0.3, 0.4) is 0 Å². The van der Waals surface area contributed by atoms with Gasteiger partial charge in [0.15, 0.2) is 0 Å². The van der Waals surface area contributed by atoms with Crippen LogP contribution in [0.1, 0.15) is 31.4 Å². The minimum atomic E-state index is -0.635. The van der Waals surface area contributed by atoms with Crippen molar-refractivity contribution in [3.63, 3.8) is 0 Å². The van der Waals surface area contributed by atoms with Gasteiger partial charge in [-0.25, -0.2) is 0 Å². The highest BCUT2D eigenvalue weighted by atomic mass is 16.2. The Hall–Kier alpha value is -3.47. The van der Waals surface area contributed by atoms with Crippen LogP contribution in [0, 0.1) is 5.41 Å². The van der Waals surface area contributed by atoms with Gasteiger partial charge >= 0.3 is 0 Å². The number of nitrogens with zero attached hydrogens (tertiary/aromatic N) is 2. The third kappa shape index (κ3) is 5.48. The lowest BCUT2D eigenvalue weighted by Gasteiger charge is -2.29. The SMILES string of the molecule is CC(C)NC(=O)[C@]1(Cc2cccc(-c3ccccc3)c2)CCN(C(=O)Cc2cccnc2)C1. The number of pyridine rings is 1. The van der Waals surface area contributed by atoms with Gasteiger partial charge in [-0.1, -0.05) is 60.7 Å². The van der Waals surface area contributed by atoms with Crippen LogP contribution in [0.5, 0.6) is 0 Å². The van der Waals surface area contributed by atoms with Crippen LogP contribution in [0.4, 0.5) is 0 Å². The van der Waals surface area contributed by atoms with Crippen LogP contribution in [-0.2, 0) is 22.4 Å². The first kappa shape index (κ1) is 22.7. The normalized spacial score (nSPS) is 17.8. The molecule has 1 N–H and O–H groups in total. The second-order valence-corrected chi connectivity index (χ2v) is 9.26. The molecule has 4 rings (SSSR count). The molecule has 0 bridgehead atoms. The molecule has 2 heterocycles. The molecule has 170 valence electrons. The summed E-state index contributed by atoms with van der Waals surface area (Å²) in [5.41, 5.74) is 3.65. The van der Waals surface area contributed by atoms with Crippen LogP contribution >= 0.6 is 0 Å². The van der Waals surface area contributed by atoms with Crippen molar-refractivity contribution in [3.8, 4) is 11.1 Å². The Morgan fingerprint density at radius 3 is 2.48 bits per heavy atom. The fourth-order valence-electron chi connectivity index (χ4n) is 4.58. The average Bonchev–Trinajstić information content (AvgIpc) is 3.26. The number of likely N-dealkylation sites (tertiary alicyclic amines) is 1. The third-order valence-electron chi connectivity index (χ3n) is 6.26. The molecule has 0 aliphatic carbocycles. The minimum absolute atomic E-state index is 0.0271. The summed E-state index contributed by atoms with van der Waals surface area (Å²) in [6, 6.07) is 22.4. The molecule has 1 aromatic heterocycles. The number of amides is 2. The first-order valence-corrected chi connectivity index (χ1v) is 11.6. The molecule has 5 heteroatoms. The van der Waals surface area contributed by atoms with Crippen molar-refractivity contribution in [2.75, 3.05) is 13.1 Å². The predicted octanol–water partition coefficient (Wildman–Crippen LogP) is 4.28. The summed E-state index contributed by atoms with van der Waals surface area (Å²) in [5, 5.41) is 3.11. The van der Waals surface area contributed by atoms with Gasteiger partial charge in [-0.05, 0) is 55.0 Å². The average molecular weight is 442 g/mol. The number of carbonyl (C=O) groups excluding carboxylic acids is 2. The first-order valence-electron chi connectivity index (χ1n) is 11.6. The van der Waals surface area contributed by atoms with Gasteiger partial charge in [0, 0.05) is 31.5 Å². The Labute approximate surface area is 195 Å². The highest BCUT2D eigenvalue weighted by Crippen LogP contribution is 2.36. The highest BCUT2D eigenvalue weighted by Gasteiger charge is 2.46. The molecule has 5 nitrogen and oxygen atoms in total. The van der Waals surface area contributed by atoms with E-state index in [1.54, 1.807) is 12.4 Å². The Bertz CT molecular complexity index is 1100. The van der Waals surface area contributed by atoms with Crippen LogP contribution in [-0.4, -0.2) is 40.8 Å². The quantitative estimate of drug-likeness (QED) is 0.595. The number of nitrogens with one attached hydrogen (secondary N) is 1. The lowest BCUT2D eigenvalue weighted by atomic mass is 9.79. The van der Waals surface area contributed by atoms with E-state index in [-0.39, 0.29) is 17.9 Å². The summed E-state index contributed by atoms with van der Waals surface area (Å²) in [6.45, 7) is 4.97. The maximum absolute atomic E-state index is 13.4. The fraction of sp³-hybridized carbons (Fsp3) is 0.321. The van der Waals surface area contributed by atoms with E-state index in [4.69, 9.17) is 0 Å². The lowest BCUT2D eigenvalue weighted by Crippen LogP contribution is -2.47. The standard InChI is InChI=1S/C28H31N3O2/c1-21(2)30-27(33)28(13-15-31(20-28)26(32)17-23-9-7-14-29-19-23)18-22-8-6-12-25(16-22)24-10-4-3-5-11-24/h3-12,14,16,19,21H,13,15,17-18,20H2,1-2H3,(H,30,33)/t28-/m0/s1. The van der Waals surface area contributed by atoms with E-state index in [0.717, 1.165) is 22.3 Å². The summed E-state index contributed by atoms with van der Waals surface area (Å²) in [4.78, 5) is 32.4. The van der Waals surface area contributed by atoms with Crippen molar-refractivity contribution in [1.29, 1.82) is 0 Å². The van der Waals surface area contributed by atoms with E-state index in [0.29, 0.717) is 32.4 Å². The molecule has 3 aromatic rings. The molecule has 1 atom stereocenters. The Kier molecular flexibility index (Phi) is 6.87. The number of benzene rings is 2. The number of hydrogen-bond acceptors (Lipinski definition) is 3. The van der Waals surface area contributed by atoms with Gasteiger partial charge in [-0.3, -0.25) is 14.6 Å². The zero-order valence-electron chi connectivity index (χ0n) is 19.3. The van der Waals surface area contributed by atoms with E-state index in [1.165, 1.54) is 0 Å². The zero-order chi connectivity index (χ0) is 23.3. The number of hydrogen-bond donors (Lipinski definition) is 1. The van der Waals surface area contributed by atoms with E-state index in [9.17, 15) is 9.59 Å². The van der Waals surface area contributed by atoms with Crippen molar-refractivity contribution < 1.29 is 9.59 Å². The van der Waals surface area contributed by atoms with E-state index >= 15 is 0 Å². The second-order valence-electron chi connectivity index (χ2n) is 9.26. The molecule has 1 aliphatic heterocycles. The van der Waals surface area contributed by atoms with Crippen LogP contribution in [0.25, 0.3) is 11.1 Å². The Balaban J connectivity index is 1.56. The minimum Gasteiger partial charge on any atom is -0.353 e. The highest BCUT2D eigenvalue weighted by molar-refractivity contribution is 5.86. The smallest absolute Gasteiger partial charge is 0.228 e. The second kappa shape index (κ2) is 9.99. The molecule has 0 radical (unpaired) electrons. The van der Waals surface area contributed by atoms with Crippen molar-refractivity contribution >= 4 is 11.8 Å². The molecule has 0 saturated carbocycles. The van der Waals surface area contributed by atoms with Gasteiger partial charge in [-0.2, -0.15) is 0 Å². The molecule has 0 unspecified atom stereocenters. The summed E-state index contributed by atoms with van der Waals surface area (Å²) < 4.78 is 0. The number of rotatable bonds is 7. The van der Waals surface area contributed by atoms with Gasteiger partial charge in [0.2, 0.25) is 11.8 Å². The van der Waals surface area contributed by atoms with E-state index in [1.807, 2.05) is 55.1 Å². The van der Waals surface area contributed by atoms with Crippen molar-refractivity contribution in [2.24, 2.45) is 5.41 Å². The maximum atomic E-state index is 13.4. The summed E-state index contributed by atoms with van der Waals surface area (Å²) in [5.74, 6) is 0.0690. The van der Waals surface area contributed by atoms with E-state index in [2.05, 4.69) is 40.6 Å². The van der Waals surface area contributed by atoms with Gasteiger partial charge < -0.3 is 10.2 Å². The predicted molar refractivity (Wildman–Crippen MR) is 130 cm³/mol. The molecule has 2 aromatic carbocycles. The van der Waals surface area contributed by atoms with Crippen LogP contribution < -0.4 is 5.32 Å². The summed E-state index contributed by atoms with van der Waals surface area (Å²) >= 11 is 0. The molecule has 1 saturated heterocycles. The van der Waals surface area contributed by atoms with Crippen molar-refractivity contribution in [3.05, 3.63) is 90.3 Å². The Morgan fingerprint density at radius 2 is 1.76 bits per heavy atom. The lowest BCUT2D eigenvalue weighted by molar-refractivity contribution is -0.133. The van der Waals surface area contributed by atoms with E-state index < -0.39 is 5.41 Å². The topological polar surface area (TPSA) is 62.3 Å². The van der Waals surface area contributed by atoms with Crippen LogP contribution in [0.2, 0.25) is 0 Å². The van der Waals surface area contributed by atoms with Crippen molar-refractivity contribution in [2.45, 2.75) is 39.2 Å². The molecular weight excluding hydrogens is 410 g/mol. The molecule has 0 spiro atoms. The van der Waals surface area contributed by atoms with Crippen LogP contribution in [0.15, 0.2) is 79.1 Å². The fourth-order valence-corrected chi connectivity index (χ4v) is 4.58. The molecule has 2 amide bonds. The monoisotopic (exact) mass is 441 g/mol. The molecular formula is C28H31N3O2. The molecule has 1 fully saturated rings. The Morgan fingerprint density at radius 1 is 1.00 bits per heavy atom. The zero-order valence-corrected chi connectivity index (χ0v) is 19.3. The third-order valence-corrected chi connectivity index (χ3v) is 6.26. The summed E-state index contributed by atoms with van der Waals surface area (Å²) in [7, 11) is 0. The van der Waals surface area contributed by atoms with Gasteiger partial charge in [-0.15, -0.1) is 0 Å². The summed E-state index contributed by atoms with van der Waals surface area (Å²) in [6.07, 6.45) is 4.98. The maximum Gasteiger partial charge on any atom is 0.228 e. The first-order chi connectivity index (χ1) is 15.9. The molecule has 33 heavy (non-hydrogen) atoms. The largest absolute Gasteiger partial charge is 0.353 e. The van der Waals surface area contributed by atoms with Crippen molar-refractivity contribution in [1.82, 2.24) is 15.2 Å². The number of carbonyl (C=O) groups is 2. The number of aromatic nitrogens is 1. The van der Waals surface area contributed by atoms with Gasteiger partial charge in [0.1, 0.15) is 0 Å². The van der Waals surface area contributed by atoms with Gasteiger partial charge in [0.25, 0.3) is 0 Å². The molecule has 1 aliphatic rings. The van der Waals surface area contributed by atoms with Gasteiger partial charge in [0.05, 0.1) is 11.8 Å².